The number of carbonyl (C=O) groups is 2. The fraction of sp³-hybridized carbons (Fsp3) is 0.450. The highest BCUT2D eigenvalue weighted by Crippen LogP contribution is 2.21. The van der Waals surface area contributed by atoms with Gasteiger partial charge < -0.3 is 10.4 Å². The van der Waals surface area contributed by atoms with Gasteiger partial charge >= 0.3 is 6.09 Å². The number of unbranched alkanes of at least 4 members (excludes halogenated alkanes) is 4. The molecule has 0 saturated heterocycles. The highest BCUT2D eigenvalue weighted by atomic mass is 79.9. The Morgan fingerprint density at radius 3 is 2.59 bits per heavy atom. The van der Waals surface area contributed by atoms with Gasteiger partial charge in [0.2, 0.25) is 5.91 Å². The third-order valence-electron chi connectivity index (χ3n) is 4.25. The first-order valence-electron chi connectivity index (χ1n) is 9.04. The number of anilines is 1. The van der Waals surface area contributed by atoms with Crippen molar-refractivity contribution < 1.29 is 14.7 Å². The van der Waals surface area contributed by atoms with Gasteiger partial charge in [-0.2, -0.15) is 0 Å². The molecule has 2 N–H and O–H groups in total. The number of aromatic nitrogens is 1. The number of halogens is 1. The van der Waals surface area contributed by atoms with E-state index in [2.05, 4.69) is 39.4 Å². The van der Waals surface area contributed by atoms with Crippen molar-refractivity contribution in [1.82, 2.24) is 9.88 Å². The van der Waals surface area contributed by atoms with Crippen LogP contribution in [0.3, 0.4) is 0 Å². The average Bonchev–Trinajstić information content (AvgIpc) is 2.63. The fourth-order valence-electron chi connectivity index (χ4n) is 2.66. The second kappa shape index (κ2) is 12.3. The van der Waals surface area contributed by atoms with Gasteiger partial charge in [0.15, 0.2) is 0 Å². The molecule has 7 heteroatoms. The SMILES string of the molecule is C=CCCCCCCc1ccc(Br)nc1NC(=O)C(CC=C)N(C)C(=O)O. The van der Waals surface area contributed by atoms with Gasteiger partial charge in [0, 0.05) is 7.05 Å². The summed E-state index contributed by atoms with van der Waals surface area (Å²) in [5.74, 6) is 0.0472. The molecule has 1 heterocycles. The number of nitrogens with one attached hydrogen (secondary N) is 1. The van der Waals surface area contributed by atoms with Crippen LogP contribution in [0.15, 0.2) is 42.0 Å². The first-order valence-corrected chi connectivity index (χ1v) is 9.83. The number of carbonyl (C=O) groups excluding carboxylic acids is 1. The van der Waals surface area contributed by atoms with Crippen molar-refractivity contribution >= 4 is 33.7 Å². The van der Waals surface area contributed by atoms with Crippen LogP contribution in [-0.4, -0.2) is 40.1 Å². The predicted octanol–water partition coefficient (Wildman–Crippen LogP) is 5.02. The second-order valence-electron chi connectivity index (χ2n) is 6.31. The van der Waals surface area contributed by atoms with Gasteiger partial charge in [-0.1, -0.05) is 31.1 Å². The molecule has 0 fully saturated rings. The van der Waals surface area contributed by atoms with Gasteiger partial charge in [0.25, 0.3) is 0 Å². The number of hydrogen-bond acceptors (Lipinski definition) is 3. The second-order valence-corrected chi connectivity index (χ2v) is 7.12. The Morgan fingerprint density at radius 2 is 1.96 bits per heavy atom. The molecule has 1 aromatic rings. The van der Waals surface area contributed by atoms with E-state index in [-0.39, 0.29) is 6.42 Å². The van der Waals surface area contributed by atoms with E-state index in [1.54, 1.807) is 0 Å². The van der Waals surface area contributed by atoms with Crippen LogP contribution < -0.4 is 5.32 Å². The highest BCUT2D eigenvalue weighted by Gasteiger charge is 2.26. The Balaban J connectivity index is 2.80. The summed E-state index contributed by atoms with van der Waals surface area (Å²) in [7, 11) is 1.37. The molecular formula is C20H28BrN3O3. The van der Waals surface area contributed by atoms with Crippen molar-refractivity contribution in [3.8, 4) is 0 Å². The van der Waals surface area contributed by atoms with Crippen LogP contribution in [0.4, 0.5) is 10.6 Å². The molecule has 148 valence electrons. The number of aryl methyl sites for hydroxylation is 1. The largest absolute Gasteiger partial charge is 0.465 e. The van der Waals surface area contributed by atoms with Crippen molar-refractivity contribution in [2.75, 3.05) is 12.4 Å². The minimum absolute atomic E-state index is 0.223. The summed E-state index contributed by atoms with van der Waals surface area (Å²) >= 11 is 3.32. The standard InChI is InChI=1S/C20H28BrN3O3/c1-4-6-7-8-9-10-12-15-13-14-17(21)22-18(15)23-19(25)16(11-5-2)24(3)20(26)27/h4-5,13-14,16H,1-2,6-12H2,3H3,(H,26,27)(H,22,23,25). The van der Waals surface area contributed by atoms with Crippen LogP contribution in [0.5, 0.6) is 0 Å². The number of rotatable bonds is 12. The lowest BCUT2D eigenvalue weighted by Crippen LogP contribution is -2.44. The molecular weight excluding hydrogens is 410 g/mol. The topological polar surface area (TPSA) is 82.5 Å². The molecule has 0 aliphatic rings. The summed E-state index contributed by atoms with van der Waals surface area (Å²) in [6.07, 6.45) is 8.71. The van der Waals surface area contributed by atoms with E-state index in [1.807, 2.05) is 18.2 Å². The van der Waals surface area contributed by atoms with Gasteiger partial charge in [0.05, 0.1) is 0 Å². The number of amides is 2. The number of hydrogen-bond donors (Lipinski definition) is 2. The molecule has 0 aliphatic heterocycles. The van der Waals surface area contributed by atoms with Crippen LogP contribution in [0.25, 0.3) is 0 Å². The third-order valence-corrected chi connectivity index (χ3v) is 4.69. The van der Waals surface area contributed by atoms with E-state index >= 15 is 0 Å². The lowest BCUT2D eigenvalue weighted by molar-refractivity contribution is -0.120. The molecule has 0 aromatic carbocycles. The van der Waals surface area contributed by atoms with Crippen molar-refractivity contribution in [3.63, 3.8) is 0 Å². The Hall–Kier alpha value is -2.15. The molecule has 0 bridgehead atoms. The van der Waals surface area contributed by atoms with E-state index in [0.29, 0.717) is 10.4 Å². The molecule has 2 amide bonds. The molecule has 0 aliphatic carbocycles. The summed E-state index contributed by atoms with van der Waals surface area (Å²) in [6, 6.07) is 2.92. The van der Waals surface area contributed by atoms with E-state index < -0.39 is 18.0 Å². The minimum atomic E-state index is -1.17. The normalized spacial score (nSPS) is 11.5. The smallest absolute Gasteiger partial charge is 0.407 e. The van der Waals surface area contributed by atoms with E-state index in [0.717, 1.165) is 49.0 Å². The quantitative estimate of drug-likeness (QED) is 0.273. The predicted molar refractivity (Wildman–Crippen MR) is 112 cm³/mol. The van der Waals surface area contributed by atoms with Crippen LogP contribution in [0, 0.1) is 0 Å². The van der Waals surface area contributed by atoms with Crippen molar-refractivity contribution in [2.45, 2.75) is 51.0 Å². The third kappa shape index (κ3) is 7.95. The van der Waals surface area contributed by atoms with Crippen LogP contribution in [0.2, 0.25) is 0 Å². The summed E-state index contributed by atoms with van der Waals surface area (Å²) < 4.78 is 0.611. The highest BCUT2D eigenvalue weighted by molar-refractivity contribution is 9.10. The molecule has 0 spiro atoms. The number of carboxylic acid groups (broad SMARTS) is 1. The molecule has 0 radical (unpaired) electrons. The van der Waals surface area contributed by atoms with E-state index in [4.69, 9.17) is 0 Å². The zero-order valence-electron chi connectivity index (χ0n) is 15.8. The van der Waals surface area contributed by atoms with Gasteiger partial charge in [0.1, 0.15) is 16.5 Å². The first-order chi connectivity index (χ1) is 12.9. The maximum absolute atomic E-state index is 12.6. The Morgan fingerprint density at radius 1 is 1.26 bits per heavy atom. The Bertz CT molecular complexity index is 664. The lowest BCUT2D eigenvalue weighted by Gasteiger charge is -2.24. The van der Waals surface area contributed by atoms with Gasteiger partial charge in [-0.15, -0.1) is 13.2 Å². The summed E-state index contributed by atoms with van der Waals surface area (Å²) in [5, 5.41) is 12.0. The van der Waals surface area contributed by atoms with Gasteiger partial charge in [-0.05, 0) is 59.7 Å². The minimum Gasteiger partial charge on any atom is -0.465 e. The van der Waals surface area contributed by atoms with Crippen LogP contribution in [0.1, 0.15) is 44.1 Å². The van der Waals surface area contributed by atoms with Crippen molar-refractivity contribution in [1.29, 1.82) is 0 Å². The number of likely N-dealkylation sites (N-methyl/N-ethyl adjacent to an activating group) is 1. The average molecular weight is 438 g/mol. The molecule has 6 nitrogen and oxygen atoms in total. The monoisotopic (exact) mass is 437 g/mol. The summed E-state index contributed by atoms with van der Waals surface area (Å²) in [4.78, 5) is 29.2. The molecule has 1 aromatic heterocycles. The Labute approximate surface area is 169 Å². The fourth-order valence-corrected chi connectivity index (χ4v) is 2.97. The lowest BCUT2D eigenvalue weighted by atomic mass is 10.1. The molecule has 1 rings (SSSR count). The maximum Gasteiger partial charge on any atom is 0.407 e. The molecule has 0 saturated carbocycles. The van der Waals surface area contributed by atoms with Crippen LogP contribution >= 0.6 is 15.9 Å². The molecule has 1 unspecified atom stereocenters. The summed E-state index contributed by atoms with van der Waals surface area (Å²) in [5.41, 5.74) is 0.936. The van der Waals surface area contributed by atoms with Crippen LogP contribution in [-0.2, 0) is 11.2 Å². The summed E-state index contributed by atoms with van der Waals surface area (Å²) in [6.45, 7) is 7.33. The zero-order valence-corrected chi connectivity index (χ0v) is 17.4. The van der Waals surface area contributed by atoms with Crippen molar-refractivity contribution in [3.05, 3.63) is 47.6 Å². The number of nitrogens with zero attached hydrogens (tertiary/aromatic N) is 2. The van der Waals surface area contributed by atoms with Gasteiger partial charge in [-0.25, -0.2) is 9.78 Å². The van der Waals surface area contributed by atoms with E-state index in [9.17, 15) is 14.7 Å². The zero-order chi connectivity index (χ0) is 20.2. The number of pyridine rings is 1. The first kappa shape index (κ1) is 22.9. The Kier molecular flexibility index (Phi) is 10.4. The molecule has 1 atom stereocenters. The number of allylic oxidation sites excluding steroid dienone is 1. The van der Waals surface area contributed by atoms with E-state index in [1.165, 1.54) is 13.1 Å². The maximum atomic E-state index is 12.6. The molecule has 27 heavy (non-hydrogen) atoms. The van der Waals surface area contributed by atoms with Crippen molar-refractivity contribution in [2.24, 2.45) is 0 Å². The van der Waals surface area contributed by atoms with Gasteiger partial charge in [-0.3, -0.25) is 9.69 Å².